The maximum absolute atomic E-state index is 14.0. The summed E-state index contributed by atoms with van der Waals surface area (Å²) in [6.07, 6.45) is -15.6. The molecule has 4 rings (SSSR count). The van der Waals surface area contributed by atoms with Crippen LogP contribution < -0.4 is 4.90 Å². The van der Waals surface area contributed by atoms with Crippen molar-refractivity contribution in [2.75, 3.05) is 4.90 Å². The molecule has 0 amide bonds. The van der Waals surface area contributed by atoms with Crippen molar-refractivity contribution in [1.82, 2.24) is 10.2 Å². The van der Waals surface area contributed by atoms with Gasteiger partial charge in [-0.15, -0.1) is 0 Å². The van der Waals surface area contributed by atoms with E-state index in [1.807, 2.05) is 0 Å². The van der Waals surface area contributed by atoms with Crippen LogP contribution in [0.25, 0.3) is 0 Å². The van der Waals surface area contributed by atoms with Crippen LogP contribution in [0, 0.1) is 6.92 Å². The Labute approximate surface area is 204 Å². The number of alkyl halides is 9. The number of nitrogens with zero attached hydrogens (tertiary/aromatic N) is 2. The lowest BCUT2D eigenvalue weighted by molar-refractivity contribution is -0.376. The second-order valence-corrected chi connectivity index (χ2v) is 9.01. The molecule has 2 unspecified atom stereocenters. The van der Waals surface area contributed by atoms with Gasteiger partial charge in [0.15, 0.2) is 0 Å². The molecular formula is C24H20F9N3O. The number of anilines is 1. The van der Waals surface area contributed by atoms with Gasteiger partial charge in [-0.1, -0.05) is 29.8 Å². The molecule has 2 aromatic carbocycles. The van der Waals surface area contributed by atoms with Crippen molar-refractivity contribution in [3.05, 3.63) is 82.2 Å². The molecule has 1 aliphatic heterocycles. The summed E-state index contributed by atoms with van der Waals surface area (Å²) in [6, 6.07) is 5.45. The Balaban J connectivity index is 1.90. The van der Waals surface area contributed by atoms with E-state index >= 15 is 0 Å². The minimum atomic E-state index is -6.06. The van der Waals surface area contributed by atoms with E-state index in [9.17, 15) is 44.6 Å². The molecule has 1 aliphatic rings. The minimum absolute atomic E-state index is 0.0158. The van der Waals surface area contributed by atoms with Gasteiger partial charge in [0.2, 0.25) is 0 Å². The van der Waals surface area contributed by atoms with Gasteiger partial charge >= 0.3 is 18.5 Å². The van der Waals surface area contributed by atoms with Crippen molar-refractivity contribution in [2.45, 2.75) is 56.5 Å². The van der Waals surface area contributed by atoms with Crippen LogP contribution in [-0.4, -0.2) is 33.7 Å². The Hall–Kier alpha value is -3.22. The Morgan fingerprint density at radius 3 is 2.14 bits per heavy atom. The van der Waals surface area contributed by atoms with Crippen LogP contribution in [0.15, 0.2) is 48.7 Å². The average molecular weight is 537 g/mol. The summed E-state index contributed by atoms with van der Waals surface area (Å²) in [4.78, 5) is 1.49. The summed E-state index contributed by atoms with van der Waals surface area (Å²) in [5, 5.41) is 16.3. The highest BCUT2D eigenvalue weighted by atomic mass is 19.4. The fraction of sp³-hybridized carbons (Fsp3) is 0.375. The summed E-state index contributed by atoms with van der Waals surface area (Å²) in [6.45, 7) is 3.08. The smallest absolute Gasteiger partial charge is 0.369 e. The molecule has 0 saturated heterocycles. The summed E-state index contributed by atoms with van der Waals surface area (Å²) in [7, 11) is 0. The molecule has 4 nitrogen and oxygen atoms in total. The van der Waals surface area contributed by atoms with E-state index in [4.69, 9.17) is 0 Å². The first-order valence-corrected chi connectivity index (χ1v) is 10.9. The molecule has 2 N–H and O–H groups in total. The molecule has 0 spiro atoms. The third-order valence-electron chi connectivity index (χ3n) is 6.49. The first-order valence-electron chi connectivity index (χ1n) is 10.9. The molecule has 0 radical (unpaired) electrons. The fourth-order valence-corrected chi connectivity index (χ4v) is 4.80. The number of aliphatic hydroxyl groups is 1. The number of aromatic amines is 1. The minimum Gasteiger partial charge on any atom is -0.369 e. The molecule has 13 heteroatoms. The Morgan fingerprint density at radius 1 is 0.946 bits per heavy atom. The summed E-state index contributed by atoms with van der Waals surface area (Å²) >= 11 is 0. The van der Waals surface area contributed by atoms with Gasteiger partial charge in [-0.3, -0.25) is 5.10 Å². The second-order valence-electron chi connectivity index (χ2n) is 9.01. The molecule has 37 heavy (non-hydrogen) atoms. The van der Waals surface area contributed by atoms with Gasteiger partial charge < -0.3 is 10.0 Å². The number of hydrogen-bond donors (Lipinski definition) is 2. The van der Waals surface area contributed by atoms with Gasteiger partial charge in [0.25, 0.3) is 5.60 Å². The van der Waals surface area contributed by atoms with Crippen molar-refractivity contribution in [3.8, 4) is 0 Å². The molecular weight excluding hydrogens is 517 g/mol. The van der Waals surface area contributed by atoms with Crippen molar-refractivity contribution < 1.29 is 44.6 Å². The first kappa shape index (κ1) is 26.8. The number of rotatable bonds is 4. The molecule has 200 valence electrons. The maximum Gasteiger partial charge on any atom is 0.430 e. The van der Waals surface area contributed by atoms with E-state index in [1.54, 1.807) is 6.92 Å². The second kappa shape index (κ2) is 8.67. The van der Waals surface area contributed by atoms with E-state index in [1.165, 1.54) is 36.2 Å². The predicted octanol–water partition coefficient (Wildman–Crippen LogP) is 6.59. The summed E-state index contributed by atoms with van der Waals surface area (Å²) in [5.74, 6) is 0. The highest BCUT2D eigenvalue weighted by Crippen LogP contribution is 2.52. The van der Waals surface area contributed by atoms with Crippen LogP contribution in [0.3, 0.4) is 0 Å². The molecule has 2 atom stereocenters. The Morgan fingerprint density at radius 2 is 1.59 bits per heavy atom. The Bertz CT molecular complexity index is 1270. The van der Waals surface area contributed by atoms with Gasteiger partial charge in [-0.2, -0.15) is 44.6 Å². The zero-order chi connectivity index (χ0) is 27.6. The number of H-pyrrole nitrogens is 1. The number of halogens is 9. The lowest BCUT2D eigenvalue weighted by atomic mass is 9.90. The normalized spacial score (nSPS) is 17.7. The molecule has 0 aliphatic carbocycles. The van der Waals surface area contributed by atoms with Crippen LogP contribution in [-0.2, 0) is 18.2 Å². The fourth-order valence-electron chi connectivity index (χ4n) is 4.80. The monoisotopic (exact) mass is 537 g/mol. The van der Waals surface area contributed by atoms with E-state index in [0.717, 1.165) is 12.1 Å². The molecule has 2 heterocycles. The Kier molecular flexibility index (Phi) is 6.29. The van der Waals surface area contributed by atoms with E-state index in [-0.39, 0.29) is 28.9 Å². The highest BCUT2D eigenvalue weighted by molar-refractivity contribution is 5.64. The maximum atomic E-state index is 14.0. The van der Waals surface area contributed by atoms with Crippen molar-refractivity contribution in [3.63, 3.8) is 0 Å². The summed E-state index contributed by atoms with van der Waals surface area (Å²) < 4.78 is 123. The van der Waals surface area contributed by atoms with Crippen molar-refractivity contribution >= 4 is 5.69 Å². The van der Waals surface area contributed by atoms with Crippen LogP contribution in [0.2, 0.25) is 0 Å². The topological polar surface area (TPSA) is 52.2 Å². The number of hydrogen-bond acceptors (Lipinski definition) is 3. The van der Waals surface area contributed by atoms with Gasteiger partial charge in [-0.05, 0) is 49.6 Å². The van der Waals surface area contributed by atoms with Crippen LogP contribution in [0.4, 0.5) is 45.2 Å². The number of nitrogens with one attached hydrogen (secondary N) is 1. The molecule has 3 aromatic rings. The predicted molar refractivity (Wildman–Crippen MR) is 115 cm³/mol. The SMILES string of the molecule is Cc1ccc(C(c2ccn[nH]2)N2c3ccc(C(O)(C(F)(F)F)C(F)(F)F)cc3CC2C)c(C(F)(F)F)c1. The molecule has 0 bridgehead atoms. The van der Waals surface area contributed by atoms with Gasteiger partial charge in [0, 0.05) is 23.5 Å². The molecule has 0 fully saturated rings. The van der Waals surface area contributed by atoms with Crippen LogP contribution >= 0.6 is 0 Å². The number of fused-ring (bicyclic) bond motifs is 1. The first-order chi connectivity index (χ1) is 17.0. The third-order valence-corrected chi connectivity index (χ3v) is 6.49. The van der Waals surface area contributed by atoms with Gasteiger partial charge in [-0.25, -0.2) is 0 Å². The van der Waals surface area contributed by atoms with Crippen molar-refractivity contribution in [1.29, 1.82) is 0 Å². The van der Waals surface area contributed by atoms with E-state index in [2.05, 4.69) is 10.2 Å². The number of benzene rings is 2. The standard InChI is InChI=1S/C24H20F9N3O/c1-12-3-5-16(17(9-12)22(25,26)27)20(18-7-8-34-35-18)36-13(2)10-14-11-15(4-6-19(14)36)21(37,23(28,29)30)24(31,32)33/h3-9,11,13,20,37H,10H2,1-2H3,(H,34,35). The van der Waals surface area contributed by atoms with Gasteiger partial charge in [0.05, 0.1) is 17.3 Å². The lowest BCUT2D eigenvalue weighted by Crippen LogP contribution is -2.53. The number of aryl methyl sites for hydroxylation is 1. The lowest BCUT2D eigenvalue weighted by Gasteiger charge is -2.36. The van der Waals surface area contributed by atoms with Crippen LogP contribution in [0.1, 0.15) is 46.5 Å². The zero-order valence-electron chi connectivity index (χ0n) is 19.2. The largest absolute Gasteiger partial charge is 0.430 e. The number of aromatic nitrogens is 2. The molecule has 0 saturated carbocycles. The summed E-state index contributed by atoms with van der Waals surface area (Å²) in [5.41, 5.74) is -6.92. The zero-order valence-corrected chi connectivity index (χ0v) is 19.2. The van der Waals surface area contributed by atoms with Crippen LogP contribution in [0.5, 0.6) is 0 Å². The quantitative estimate of drug-likeness (QED) is 0.370. The average Bonchev–Trinajstić information content (AvgIpc) is 3.40. The van der Waals surface area contributed by atoms with Crippen molar-refractivity contribution in [2.24, 2.45) is 0 Å². The van der Waals surface area contributed by atoms with E-state index in [0.29, 0.717) is 17.7 Å². The third kappa shape index (κ3) is 4.42. The highest BCUT2D eigenvalue weighted by Gasteiger charge is 2.71. The molecule has 1 aromatic heterocycles. The van der Waals surface area contributed by atoms with E-state index < -0.39 is 47.3 Å². The van der Waals surface area contributed by atoms with Gasteiger partial charge in [0.1, 0.15) is 0 Å².